The molecule has 0 amide bonds. The lowest BCUT2D eigenvalue weighted by atomic mass is 10.2. The molecule has 0 heterocycles. The Balaban J connectivity index is 2.88. The SMILES string of the molecule is O=C(O)CC#Cc1cc(F)ccc1F. The van der Waals surface area contributed by atoms with E-state index in [9.17, 15) is 13.6 Å². The number of hydrogen-bond acceptors (Lipinski definition) is 1. The van der Waals surface area contributed by atoms with Gasteiger partial charge in [-0.2, -0.15) is 0 Å². The van der Waals surface area contributed by atoms with E-state index in [0.29, 0.717) is 0 Å². The first-order chi connectivity index (χ1) is 6.59. The summed E-state index contributed by atoms with van der Waals surface area (Å²) in [6.45, 7) is 0. The van der Waals surface area contributed by atoms with Gasteiger partial charge in [0.05, 0.1) is 5.56 Å². The molecule has 14 heavy (non-hydrogen) atoms. The van der Waals surface area contributed by atoms with E-state index in [1.807, 2.05) is 0 Å². The van der Waals surface area contributed by atoms with Crippen LogP contribution in [0.5, 0.6) is 0 Å². The second kappa shape index (κ2) is 4.38. The number of halogens is 2. The normalized spacial score (nSPS) is 9.00. The third-order valence-electron chi connectivity index (χ3n) is 1.39. The van der Waals surface area contributed by atoms with Gasteiger partial charge in [-0.1, -0.05) is 11.8 Å². The largest absolute Gasteiger partial charge is 0.481 e. The fourth-order valence-electron chi connectivity index (χ4n) is 0.808. The Bertz CT molecular complexity index is 416. The molecule has 0 saturated carbocycles. The molecule has 1 aromatic carbocycles. The van der Waals surface area contributed by atoms with Crippen molar-refractivity contribution in [3.8, 4) is 11.8 Å². The maximum Gasteiger partial charge on any atom is 0.315 e. The molecule has 0 aliphatic heterocycles. The molecule has 1 N–H and O–H groups in total. The van der Waals surface area contributed by atoms with Crippen LogP contribution in [0.3, 0.4) is 0 Å². The number of carboxylic acid groups (broad SMARTS) is 1. The molecule has 0 radical (unpaired) electrons. The van der Waals surface area contributed by atoms with Gasteiger partial charge in [0, 0.05) is 0 Å². The fraction of sp³-hybridized carbons (Fsp3) is 0.100. The van der Waals surface area contributed by atoms with Crippen molar-refractivity contribution in [3.63, 3.8) is 0 Å². The molecule has 1 rings (SSSR count). The summed E-state index contributed by atoms with van der Waals surface area (Å²) < 4.78 is 25.5. The third-order valence-corrected chi connectivity index (χ3v) is 1.39. The number of hydrogen-bond donors (Lipinski definition) is 1. The van der Waals surface area contributed by atoms with E-state index in [0.717, 1.165) is 18.2 Å². The minimum atomic E-state index is -1.10. The standard InChI is InChI=1S/C10H6F2O2/c11-8-4-5-9(12)7(6-8)2-1-3-10(13)14/h4-6H,3H2,(H,13,14). The van der Waals surface area contributed by atoms with Gasteiger partial charge < -0.3 is 5.11 Å². The number of aliphatic carboxylic acids is 1. The second-order valence-electron chi connectivity index (χ2n) is 2.50. The van der Waals surface area contributed by atoms with Crippen LogP contribution in [-0.4, -0.2) is 11.1 Å². The third kappa shape index (κ3) is 2.87. The van der Waals surface area contributed by atoms with Crippen LogP contribution in [0.25, 0.3) is 0 Å². The minimum Gasteiger partial charge on any atom is -0.481 e. The monoisotopic (exact) mass is 196 g/mol. The lowest BCUT2D eigenvalue weighted by Crippen LogP contribution is -1.91. The quantitative estimate of drug-likeness (QED) is 0.695. The number of benzene rings is 1. The molecule has 0 atom stereocenters. The van der Waals surface area contributed by atoms with Crippen molar-refractivity contribution in [1.29, 1.82) is 0 Å². The molecule has 4 heteroatoms. The summed E-state index contributed by atoms with van der Waals surface area (Å²) in [5, 5.41) is 8.25. The fourth-order valence-corrected chi connectivity index (χ4v) is 0.808. The van der Waals surface area contributed by atoms with E-state index in [2.05, 4.69) is 11.8 Å². The Labute approximate surface area is 79.2 Å². The molecule has 0 saturated heterocycles. The first-order valence-electron chi connectivity index (χ1n) is 3.75. The summed E-state index contributed by atoms with van der Waals surface area (Å²) in [5.41, 5.74) is -0.133. The van der Waals surface area contributed by atoms with Crippen molar-refractivity contribution in [2.45, 2.75) is 6.42 Å². The first-order valence-corrected chi connectivity index (χ1v) is 3.75. The van der Waals surface area contributed by atoms with Crippen molar-refractivity contribution in [2.24, 2.45) is 0 Å². The van der Waals surface area contributed by atoms with E-state index < -0.39 is 24.0 Å². The molecule has 72 valence electrons. The van der Waals surface area contributed by atoms with Crippen molar-refractivity contribution in [3.05, 3.63) is 35.4 Å². The summed E-state index contributed by atoms with van der Waals surface area (Å²) in [6.07, 6.45) is -0.393. The predicted molar refractivity (Wildman–Crippen MR) is 45.5 cm³/mol. The van der Waals surface area contributed by atoms with Crippen molar-refractivity contribution < 1.29 is 18.7 Å². The molecule has 2 nitrogen and oxygen atoms in total. The molecular weight excluding hydrogens is 190 g/mol. The Morgan fingerprint density at radius 3 is 2.79 bits per heavy atom. The minimum absolute atomic E-state index is 0.133. The zero-order chi connectivity index (χ0) is 10.6. The van der Waals surface area contributed by atoms with Gasteiger partial charge in [-0.3, -0.25) is 4.79 Å². The molecule has 0 spiro atoms. The highest BCUT2D eigenvalue weighted by atomic mass is 19.1. The molecule has 0 fully saturated rings. The van der Waals surface area contributed by atoms with Crippen LogP contribution < -0.4 is 0 Å². The number of carbonyl (C=O) groups is 1. The maximum atomic E-state index is 12.9. The highest BCUT2D eigenvalue weighted by Crippen LogP contribution is 2.07. The lowest BCUT2D eigenvalue weighted by Gasteiger charge is -1.93. The van der Waals surface area contributed by atoms with Crippen LogP contribution in [0.2, 0.25) is 0 Å². The van der Waals surface area contributed by atoms with Gasteiger partial charge in [0.2, 0.25) is 0 Å². The van der Waals surface area contributed by atoms with E-state index in [-0.39, 0.29) is 5.56 Å². The van der Waals surface area contributed by atoms with Crippen LogP contribution in [0.4, 0.5) is 8.78 Å². The summed E-state index contributed by atoms with van der Waals surface area (Å²) in [5.74, 6) is 2.08. The van der Waals surface area contributed by atoms with E-state index in [4.69, 9.17) is 5.11 Å². The Hall–Kier alpha value is -1.89. The molecule has 0 unspecified atom stereocenters. The maximum absolute atomic E-state index is 12.9. The van der Waals surface area contributed by atoms with Gasteiger partial charge in [0.15, 0.2) is 0 Å². The smallest absolute Gasteiger partial charge is 0.315 e. The topological polar surface area (TPSA) is 37.3 Å². The Morgan fingerprint density at radius 2 is 2.14 bits per heavy atom. The summed E-state index contributed by atoms with van der Waals surface area (Å²) in [7, 11) is 0. The van der Waals surface area contributed by atoms with Crippen molar-refractivity contribution >= 4 is 5.97 Å². The average molecular weight is 196 g/mol. The van der Waals surface area contributed by atoms with Crippen LogP contribution in [0.15, 0.2) is 18.2 Å². The van der Waals surface area contributed by atoms with E-state index >= 15 is 0 Å². The first kappa shape index (κ1) is 10.2. The molecule has 0 bridgehead atoms. The summed E-state index contributed by atoms with van der Waals surface area (Å²) in [4.78, 5) is 10.1. The van der Waals surface area contributed by atoms with Gasteiger partial charge in [0.25, 0.3) is 0 Å². The summed E-state index contributed by atoms with van der Waals surface area (Å²) in [6, 6.07) is 2.84. The highest BCUT2D eigenvalue weighted by molar-refractivity contribution is 5.70. The van der Waals surface area contributed by atoms with E-state index in [1.54, 1.807) is 0 Å². The zero-order valence-corrected chi connectivity index (χ0v) is 7.05. The van der Waals surface area contributed by atoms with Crippen LogP contribution >= 0.6 is 0 Å². The molecule has 0 aliphatic rings. The molecule has 0 aliphatic carbocycles. The van der Waals surface area contributed by atoms with Crippen LogP contribution in [0.1, 0.15) is 12.0 Å². The molecule has 0 aromatic heterocycles. The molecular formula is C10H6F2O2. The Kier molecular flexibility index (Phi) is 3.19. The van der Waals surface area contributed by atoms with E-state index in [1.165, 1.54) is 0 Å². The van der Waals surface area contributed by atoms with Gasteiger partial charge >= 0.3 is 5.97 Å². The lowest BCUT2D eigenvalue weighted by molar-refractivity contribution is -0.135. The van der Waals surface area contributed by atoms with Gasteiger partial charge in [-0.25, -0.2) is 8.78 Å². The van der Waals surface area contributed by atoms with Crippen LogP contribution in [0, 0.1) is 23.5 Å². The highest BCUT2D eigenvalue weighted by Gasteiger charge is 1.99. The number of rotatable bonds is 1. The van der Waals surface area contributed by atoms with Crippen molar-refractivity contribution in [2.75, 3.05) is 0 Å². The Morgan fingerprint density at radius 1 is 1.43 bits per heavy atom. The van der Waals surface area contributed by atoms with Gasteiger partial charge in [-0.05, 0) is 18.2 Å². The molecule has 1 aromatic rings. The van der Waals surface area contributed by atoms with Crippen LogP contribution in [-0.2, 0) is 4.79 Å². The average Bonchev–Trinajstić information content (AvgIpc) is 2.10. The summed E-state index contributed by atoms with van der Waals surface area (Å²) >= 11 is 0. The van der Waals surface area contributed by atoms with Crippen molar-refractivity contribution in [1.82, 2.24) is 0 Å². The predicted octanol–water partition coefficient (Wildman–Crippen LogP) is 1.79. The second-order valence-corrected chi connectivity index (χ2v) is 2.50. The van der Waals surface area contributed by atoms with Gasteiger partial charge in [0.1, 0.15) is 18.1 Å². The van der Waals surface area contributed by atoms with Gasteiger partial charge in [-0.15, -0.1) is 0 Å². The number of carboxylic acids is 1. The zero-order valence-electron chi connectivity index (χ0n) is 7.05.